The highest BCUT2D eigenvalue weighted by molar-refractivity contribution is 5.92. The van der Waals surface area contributed by atoms with E-state index in [1.807, 2.05) is 13.0 Å². The fraction of sp³-hybridized carbons (Fsp3) is 0.618. The molecule has 10 nitrogen and oxygen atoms in total. The number of Topliss-reactive ketones (excluding diaryl/α,β-unsaturated/α-hetero) is 1. The van der Waals surface area contributed by atoms with E-state index in [0.717, 1.165) is 25.7 Å². The Hall–Kier alpha value is -3.37. The Morgan fingerprint density at radius 2 is 1.68 bits per heavy atom. The van der Waals surface area contributed by atoms with Crippen LogP contribution in [0.25, 0.3) is 0 Å². The Morgan fingerprint density at radius 3 is 2.39 bits per heavy atom. The molecule has 4 aliphatic carbocycles. The fourth-order valence-corrected chi connectivity index (χ4v) is 8.95. The first kappa shape index (κ1) is 32.0. The SMILES string of the molecule is C[C@]12CCC(=O)C=C1CC[C@@H]1[C@@H]2CC[C@@]2(C)[C@H]1CC[C@]2(O)C(=O)COC(=O)CCC(=O)N[C@@H](C(=O)O)[C@H](O)c1ccccc1. The minimum Gasteiger partial charge on any atom is -0.480 e. The molecule has 1 aromatic carbocycles. The first-order valence-electron chi connectivity index (χ1n) is 15.7. The summed E-state index contributed by atoms with van der Waals surface area (Å²) >= 11 is 0. The van der Waals surface area contributed by atoms with E-state index in [4.69, 9.17) is 4.74 Å². The Kier molecular flexibility index (Phi) is 8.88. The molecule has 0 aromatic heterocycles. The minimum absolute atomic E-state index is 0.0190. The van der Waals surface area contributed by atoms with E-state index in [1.165, 1.54) is 17.7 Å². The molecule has 3 fully saturated rings. The number of carbonyl (C=O) groups excluding carboxylic acids is 4. The number of ether oxygens (including phenoxy) is 1. The van der Waals surface area contributed by atoms with Crippen molar-refractivity contribution in [3.8, 4) is 0 Å². The molecule has 238 valence electrons. The lowest BCUT2D eigenvalue weighted by atomic mass is 9.46. The molecular formula is C34H43NO9. The van der Waals surface area contributed by atoms with Crippen LogP contribution < -0.4 is 5.32 Å². The van der Waals surface area contributed by atoms with Gasteiger partial charge in [0.2, 0.25) is 11.7 Å². The molecule has 4 N–H and O–H groups in total. The van der Waals surface area contributed by atoms with Gasteiger partial charge in [-0.3, -0.25) is 19.2 Å². The third kappa shape index (κ3) is 5.62. The zero-order chi connectivity index (χ0) is 31.9. The second-order valence-electron chi connectivity index (χ2n) is 13.6. The van der Waals surface area contributed by atoms with Crippen molar-refractivity contribution >= 4 is 29.4 Å². The number of aliphatic hydroxyl groups is 2. The number of aliphatic hydroxyl groups excluding tert-OH is 1. The van der Waals surface area contributed by atoms with Crippen LogP contribution in [0.2, 0.25) is 0 Å². The molecule has 3 saturated carbocycles. The molecule has 0 unspecified atom stereocenters. The summed E-state index contributed by atoms with van der Waals surface area (Å²) in [6.45, 7) is 3.67. The van der Waals surface area contributed by atoms with E-state index in [-0.39, 0.29) is 17.1 Å². The first-order valence-corrected chi connectivity index (χ1v) is 15.7. The average Bonchev–Trinajstić information content (AvgIpc) is 3.29. The van der Waals surface area contributed by atoms with E-state index >= 15 is 0 Å². The fourth-order valence-electron chi connectivity index (χ4n) is 8.95. The number of aliphatic carboxylic acids is 1. The van der Waals surface area contributed by atoms with Gasteiger partial charge in [0.15, 0.2) is 18.4 Å². The van der Waals surface area contributed by atoms with Gasteiger partial charge in [-0.05, 0) is 79.8 Å². The van der Waals surface area contributed by atoms with Crippen molar-refractivity contribution < 1.29 is 44.0 Å². The van der Waals surface area contributed by atoms with Crippen LogP contribution in [0.1, 0.15) is 89.7 Å². The lowest BCUT2D eigenvalue weighted by Gasteiger charge is -2.58. The van der Waals surface area contributed by atoms with Gasteiger partial charge in [0.25, 0.3) is 0 Å². The third-order valence-electron chi connectivity index (χ3n) is 11.5. The summed E-state index contributed by atoms with van der Waals surface area (Å²) in [4.78, 5) is 62.1. The van der Waals surface area contributed by atoms with Crippen molar-refractivity contribution in [3.05, 3.63) is 47.5 Å². The van der Waals surface area contributed by atoms with Crippen molar-refractivity contribution in [2.24, 2.45) is 28.6 Å². The second-order valence-corrected chi connectivity index (χ2v) is 13.6. The number of ketones is 2. The van der Waals surface area contributed by atoms with Crippen molar-refractivity contribution in [2.75, 3.05) is 6.61 Å². The van der Waals surface area contributed by atoms with Gasteiger partial charge in [-0.15, -0.1) is 0 Å². The van der Waals surface area contributed by atoms with Crippen LogP contribution in [0, 0.1) is 28.6 Å². The van der Waals surface area contributed by atoms with Crippen LogP contribution in [0.15, 0.2) is 42.0 Å². The molecule has 5 rings (SSSR count). The highest BCUT2D eigenvalue weighted by atomic mass is 16.5. The van der Waals surface area contributed by atoms with Gasteiger partial charge in [0.05, 0.1) is 6.42 Å². The Labute approximate surface area is 257 Å². The van der Waals surface area contributed by atoms with E-state index in [2.05, 4.69) is 12.2 Å². The van der Waals surface area contributed by atoms with Crippen molar-refractivity contribution in [1.82, 2.24) is 5.32 Å². The average molecular weight is 610 g/mol. The normalized spacial score (nSPS) is 34.0. The number of hydrogen-bond donors (Lipinski definition) is 4. The summed E-state index contributed by atoms with van der Waals surface area (Å²) in [5.74, 6) is -2.44. The number of amides is 1. The number of nitrogens with one attached hydrogen (secondary N) is 1. The largest absolute Gasteiger partial charge is 0.480 e. The number of carbonyl (C=O) groups is 5. The standard InChI is InChI=1S/C34H43NO9/c1-32-15-12-22(36)18-21(32)8-9-23-24(32)13-16-33(2)25(23)14-17-34(33,43)26(37)19-44-28(39)11-10-27(38)35-29(31(41)42)30(40)20-6-4-3-5-7-20/h3-7,18,23-25,29-30,40,43H,8-17,19H2,1-2H3,(H,35,38)(H,41,42)/t23-,24+,25+,29-,30-,32+,33+,34+/m1/s1. The number of allylic oxidation sites excluding steroid dienone is 1. The number of carboxylic acids is 1. The lowest BCUT2D eigenvalue weighted by molar-refractivity contribution is -0.170. The summed E-state index contributed by atoms with van der Waals surface area (Å²) < 4.78 is 5.20. The van der Waals surface area contributed by atoms with Gasteiger partial charge in [-0.1, -0.05) is 49.8 Å². The topological polar surface area (TPSA) is 167 Å². The summed E-state index contributed by atoms with van der Waals surface area (Å²) in [6, 6.07) is 6.44. The van der Waals surface area contributed by atoms with Crippen molar-refractivity contribution in [2.45, 2.75) is 95.8 Å². The minimum atomic E-state index is -1.62. The number of carboxylic acid groups (broad SMARTS) is 1. The maximum Gasteiger partial charge on any atom is 0.329 e. The molecule has 44 heavy (non-hydrogen) atoms. The molecule has 8 atom stereocenters. The van der Waals surface area contributed by atoms with Crippen LogP contribution in [-0.2, 0) is 28.7 Å². The van der Waals surface area contributed by atoms with Gasteiger partial charge in [0.1, 0.15) is 11.7 Å². The molecular weight excluding hydrogens is 566 g/mol. The van der Waals surface area contributed by atoms with Crippen LogP contribution >= 0.6 is 0 Å². The Morgan fingerprint density at radius 1 is 0.977 bits per heavy atom. The molecule has 0 aliphatic heterocycles. The number of fused-ring (bicyclic) bond motifs is 5. The van der Waals surface area contributed by atoms with Crippen LogP contribution in [-0.4, -0.2) is 63.0 Å². The molecule has 1 aromatic rings. The quantitative estimate of drug-likeness (QED) is 0.291. The smallest absolute Gasteiger partial charge is 0.329 e. The molecule has 0 spiro atoms. The molecule has 1 amide bonds. The molecule has 4 aliphatic rings. The van der Waals surface area contributed by atoms with Gasteiger partial charge >= 0.3 is 11.9 Å². The number of esters is 1. The van der Waals surface area contributed by atoms with Crippen LogP contribution in [0.5, 0.6) is 0 Å². The predicted octanol–water partition coefficient (Wildman–Crippen LogP) is 3.44. The summed E-state index contributed by atoms with van der Waals surface area (Å²) in [7, 11) is 0. The molecule has 10 heteroatoms. The second kappa shape index (κ2) is 12.2. The molecule has 0 radical (unpaired) electrons. The number of hydrogen-bond acceptors (Lipinski definition) is 8. The predicted molar refractivity (Wildman–Crippen MR) is 158 cm³/mol. The van der Waals surface area contributed by atoms with Crippen LogP contribution in [0.3, 0.4) is 0 Å². The van der Waals surface area contributed by atoms with E-state index in [1.54, 1.807) is 18.2 Å². The Balaban J connectivity index is 1.14. The van der Waals surface area contributed by atoms with Crippen LogP contribution in [0.4, 0.5) is 0 Å². The summed E-state index contributed by atoms with van der Waals surface area (Å²) in [5, 5.41) is 34.0. The maximum atomic E-state index is 13.4. The highest BCUT2D eigenvalue weighted by Crippen LogP contribution is 2.67. The van der Waals surface area contributed by atoms with Gasteiger partial charge in [-0.25, -0.2) is 4.79 Å². The van der Waals surface area contributed by atoms with Gasteiger partial charge in [-0.2, -0.15) is 0 Å². The summed E-state index contributed by atoms with van der Waals surface area (Å²) in [6.07, 6.45) is 5.34. The zero-order valence-electron chi connectivity index (χ0n) is 25.4. The van der Waals surface area contributed by atoms with E-state index in [9.17, 15) is 39.3 Å². The summed E-state index contributed by atoms with van der Waals surface area (Å²) in [5.41, 5.74) is -0.714. The first-order chi connectivity index (χ1) is 20.8. The van der Waals surface area contributed by atoms with E-state index in [0.29, 0.717) is 43.1 Å². The molecule has 0 saturated heterocycles. The maximum absolute atomic E-state index is 13.4. The number of rotatable bonds is 10. The van der Waals surface area contributed by atoms with Gasteiger partial charge < -0.3 is 25.4 Å². The highest BCUT2D eigenvalue weighted by Gasteiger charge is 2.66. The van der Waals surface area contributed by atoms with Gasteiger partial charge in [0, 0.05) is 18.3 Å². The van der Waals surface area contributed by atoms with E-state index < -0.39 is 66.2 Å². The zero-order valence-corrected chi connectivity index (χ0v) is 25.4. The Bertz CT molecular complexity index is 1360. The lowest BCUT2D eigenvalue weighted by Crippen LogP contribution is -2.58. The molecule has 0 heterocycles. The van der Waals surface area contributed by atoms with Crippen molar-refractivity contribution in [3.63, 3.8) is 0 Å². The number of benzene rings is 1. The third-order valence-corrected chi connectivity index (χ3v) is 11.5. The molecule has 0 bridgehead atoms. The monoisotopic (exact) mass is 609 g/mol. The van der Waals surface area contributed by atoms with Crippen molar-refractivity contribution in [1.29, 1.82) is 0 Å².